The normalized spacial score (nSPS) is 12.4. The summed E-state index contributed by atoms with van der Waals surface area (Å²) in [5, 5.41) is 5.64. The average Bonchev–Trinajstić information content (AvgIpc) is 2.74. The fourth-order valence-electron chi connectivity index (χ4n) is 1.58. The van der Waals surface area contributed by atoms with Crippen molar-refractivity contribution in [1.82, 2.24) is 0 Å². The second-order valence-corrected chi connectivity index (χ2v) is 4.68. The molecule has 1 N–H and O–H groups in total. The molecule has 0 spiro atoms. The quantitative estimate of drug-likeness (QED) is 0.811. The van der Waals surface area contributed by atoms with Gasteiger partial charge in [0.25, 0.3) is 0 Å². The molecule has 0 bridgehead atoms. The maximum absolute atomic E-state index is 3.52. The van der Waals surface area contributed by atoms with Crippen molar-refractivity contribution < 1.29 is 0 Å². The predicted molar refractivity (Wildman–Crippen MR) is 67.5 cm³/mol. The van der Waals surface area contributed by atoms with Crippen LogP contribution in [-0.4, -0.2) is 0 Å². The number of nitrogens with one attached hydrogen (secondary N) is 1. The van der Waals surface area contributed by atoms with Crippen LogP contribution in [0.15, 0.2) is 41.8 Å². The van der Waals surface area contributed by atoms with Gasteiger partial charge in [0.2, 0.25) is 0 Å². The van der Waals surface area contributed by atoms with Crippen LogP contribution in [0.25, 0.3) is 0 Å². The molecule has 0 aliphatic carbocycles. The fraction of sp³-hybridized carbons (Fsp3) is 0.231. The lowest BCUT2D eigenvalue weighted by Gasteiger charge is -2.15. The van der Waals surface area contributed by atoms with E-state index in [0.717, 1.165) is 0 Å². The second kappa shape index (κ2) is 4.49. The number of hydrogen-bond donors (Lipinski definition) is 1. The molecule has 2 aromatic rings. The summed E-state index contributed by atoms with van der Waals surface area (Å²) in [6.07, 6.45) is 0. The molecule has 2 rings (SSSR count). The lowest BCUT2D eigenvalue weighted by molar-refractivity contribution is 0.905. The highest BCUT2D eigenvalue weighted by Crippen LogP contribution is 2.24. The van der Waals surface area contributed by atoms with E-state index in [1.165, 1.54) is 16.1 Å². The summed E-state index contributed by atoms with van der Waals surface area (Å²) in [7, 11) is 0. The third kappa shape index (κ3) is 2.39. The third-order valence-corrected chi connectivity index (χ3v) is 3.54. The van der Waals surface area contributed by atoms with Gasteiger partial charge in [-0.05, 0) is 36.9 Å². The van der Waals surface area contributed by atoms with Gasteiger partial charge in [-0.3, -0.25) is 0 Å². The highest BCUT2D eigenvalue weighted by atomic mass is 32.1. The molecule has 1 unspecified atom stereocenters. The molecule has 0 saturated carbocycles. The summed E-state index contributed by atoms with van der Waals surface area (Å²) in [5.41, 5.74) is 2.51. The molecule has 15 heavy (non-hydrogen) atoms. The van der Waals surface area contributed by atoms with Crippen LogP contribution in [0.5, 0.6) is 0 Å². The molecule has 0 aliphatic rings. The Hall–Kier alpha value is -1.28. The monoisotopic (exact) mass is 217 g/mol. The van der Waals surface area contributed by atoms with E-state index in [-0.39, 0.29) is 0 Å². The molecule has 1 nitrogen and oxygen atoms in total. The van der Waals surface area contributed by atoms with Crippen LogP contribution in [0.3, 0.4) is 0 Å². The summed E-state index contributed by atoms with van der Waals surface area (Å²) < 4.78 is 0. The summed E-state index contributed by atoms with van der Waals surface area (Å²) >= 11 is 1.79. The molecule has 1 atom stereocenters. The van der Waals surface area contributed by atoms with Gasteiger partial charge in [0.1, 0.15) is 0 Å². The van der Waals surface area contributed by atoms with Crippen molar-refractivity contribution in [2.75, 3.05) is 5.32 Å². The first-order chi connectivity index (χ1) is 7.27. The topological polar surface area (TPSA) is 12.0 Å². The molecule has 0 amide bonds. The summed E-state index contributed by atoms with van der Waals surface area (Å²) in [6.45, 7) is 4.32. The van der Waals surface area contributed by atoms with Gasteiger partial charge in [-0.1, -0.05) is 24.3 Å². The van der Waals surface area contributed by atoms with Crippen molar-refractivity contribution in [3.05, 3.63) is 52.2 Å². The molecular weight excluding hydrogens is 202 g/mol. The Morgan fingerprint density at radius 3 is 2.60 bits per heavy atom. The molecule has 0 radical (unpaired) electrons. The van der Waals surface area contributed by atoms with E-state index in [0.29, 0.717) is 6.04 Å². The minimum Gasteiger partial charge on any atom is -0.377 e. The Kier molecular flexibility index (Phi) is 3.07. The van der Waals surface area contributed by atoms with Crippen LogP contribution in [0.2, 0.25) is 0 Å². The van der Waals surface area contributed by atoms with Crippen LogP contribution in [0.1, 0.15) is 23.4 Å². The largest absolute Gasteiger partial charge is 0.377 e. The minimum absolute atomic E-state index is 0.381. The lowest BCUT2D eigenvalue weighted by atomic mass is 10.2. The highest BCUT2D eigenvalue weighted by Gasteiger charge is 2.06. The Balaban J connectivity index is 2.13. The summed E-state index contributed by atoms with van der Waals surface area (Å²) in [5.74, 6) is 0. The van der Waals surface area contributed by atoms with Gasteiger partial charge in [0, 0.05) is 10.6 Å². The van der Waals surface area contributed by atoms with Crippen LogP contribution >= 0.6 is 11.3 Å². The predicted octanol–water partition coefficient (Wildman–Crippen LogP) is 4.23. The standard InChI is InChI=1S/C13H15NS/c1-10-6-3-4-7-12(10)14-11(2)13-8-5-9-15-13/h3-9,11,14H,1-2H3. The molecule has 0 saturated heterocycles. The van der Waals surface area contributed by atoms with E-state index < -0.39 is 0 Å². The number of anilines is 1. The van der Waals surface area contributed by atoms with Gasteiger partial charge in [0.15, 0.2) is 0 Å². The van der Waals surface area contributed by atoms with Crippen molar-refractivity contribution in [3.8, 4) is 0 Å². The third-order valence-electron chi connectivity index (χ3n) is 2.49. The number of para-hydroxylation sites is 1. The first-order valence-corrected chi connectivity index (χ1v) is 6.01. The number of rotatable bonds is 3. The molecule has 78 valence electrons. The number of hydrogen-bond acceptors (Lipinski definition) is 2. The first kappa shape index (κ1) is 10.2. The zero-order valence-electron chi connectivity index (χ0n) is 9.03. The summed E-state index contributed by atoms with van der Waals surface area (Å²) in [4.78, 5) is 1.37. The molecule has 0 fully saturated rings. The lowest BCUT2D eigenvalue weighted by Crippen LogP contribution is -2.05. The van der Waals surface area contributed by atoms with E-state index in [4.69, 9.17) is 0 Å². The van der Waals surface area contributed by atoms with Crippen molar-refractivity contribution >= 4 is 17.0 Å². The van der Waals surface area contributed by atoms with Crippen LogP contribution in [-0.2, 0) is 0 Å². The van der Waals surface area contributed by atoms with Gasteiger partial charge in [-0.25, -0.2) is 0 Å². The van der Waals surface area contributed by atoms with Gasteiger partial charge in [-0.15, -0.1) is 11.3 Å². The first-order valence-electron chi connectivity index (χ1n) is 5.13. The minimum atomic E-state index is 0.381. The zero-order valence-corrected chi connectivity index (χ0v) is 9.84. The Morgan fingerprint density at radius 1 is 1.13 bits per heavy atom. The van der Waals surface area contributed by atoms with Gasteiger partial charge in [-0.2, -0.15) is 0 Å². The zero-order chi connectivity index (χ0) is 10.7. The Bertz CT molecular complexity index is 420. The SMILES string of the molecule is Cc1ccccc1NC(C)c1cccs1. The Labute approximate surface area is 94.8 Å². The molecular formula is C13H15NS. The average molecular weight is 217 g/mol. The van der Waals surface area contributed by atoms with Crippen LogP contribution in [0.4, 0.5) is 5.69 Å². The fourth-order valence-corrected chi connectivity index (χ4v) is 2.31. The molecule has 1 aromatic heterocycles. The van der Waals surface area contributed by atoms with Crippen molar-refractivity contribution in [2.24, 2.45) is 0 Å². The molecule has 2 heteroatoms. The molecule has 1 aromatic carbocycles. The van der Waals surface area contributed by atoms with E-state index in [2.05, 4.69) is 60.9 Å². The van der Waals surface area contributed by atoms with Crippen LogP contribution < -0.4 is 5.32 Å². The number of aryl methyl sites for hydroxylation is 1. The van der Waals surface area contributed by atoms with E-state index in [1.807, 2.05) is 0 Å². The molecule has 1 heterocycles. The second-order valence-electron chi connectivity index (χ2n) is 3.70. The number of thiophene rings is 1. The van der Waals surface area contributed by atoms with E-state index >= 15 is 0 Å². The molecule has 0 aliphatic heterocycles. The smallest absolute Gasteiger partial charge is 0.0578 e. The van der Waals surface area contributed by atoms with Crippen LogP contribution in [0, 0.1) is 6.92 Å². The van der Waals surface area contributed by atoms with E-state index in [9.17, 15) is 0 Å². The van der Waals surface area contributed by atoms with Gasteiger partial charge in [0.05, 0.1) is 6.04 Å². The van der Waals surface area contributed by atoms with Gasteiger partial charge < -0.3 is 5.32 Å². The highest BCUT2D eigenvalue weighted by molar-refractivity contribution is 7.10. The maximum atomic E-state index is 3.52. The summed E-state index contributed by atoms with van der Waals surface area (Å²) in [6, 6.07) is 13.0. The van der Waals surface area contributed by atoms with Crippen molar-refractivity contribution in [3.63, 3.8) is 0 Å². The van der Waals surface area contributed by atoms with Crippen molar-refractivity contribution in [1.29, 1.82) is 0 Å². The van der Waals surface area contributed by atoms with Gasteiger partial charge >= 0.3 is 0 Å². The maximum Gasteiger partial charge on any atom is 0.0578 e. The number of benzene rings is 1. The Morgan fingerprint density at radius 2 is 1.93 bits per heavy atom. The van der Waals surface area contributed by atoms with E-state index in [1.54, 1.807) is 11.3 Å². The van der Waals surface area contributed by atoms with Crippen molar-refractivity contribution in [2.45, 2.75) is 19.9 Å².